The van der Waals surface area contributed by atoms with Gasteiger partial charge in [-0.1, -0.05) is 0 Å². The summed E-state index contributed by atoms with van der Waals surface area (Å²) < 4.78 is 32.1. The molecule has 4 aromatic rings. The van der Waals surface area contributed by atoms with Crippen molar-refractivity contribution in [1.29, 1.82) is 0 Å². The van der Waals surface area contributed by atoms with Crippen molar-refractivity contribution < 1.29 is 23.4 Å². The van der Waals surface area contributed by atoms with Crippen LogP contribution in [0.1, 0.15) is 0 Å². The van der Waals surface area contributed by atoms with E-state index >= 15 is 0 Å². The van der Waals surface area contributed by atoms with E-state index in [-0.39, 0.29) is 22.1 Å². The number of hydrogen-bond acceptors (Lipinski definition) is 11. The minimum Gasteiger partial charge on any atom is -0.480 e. The van der Waals surface area contributed by atoms with Gasteiger partial charge in [0.05, 0.1) is 33.8 Å². The third-order valence-electron chi connectivity index (χ3n) is 4.47. The highest BCUT2D eigenvalue weighted by Crippen LogP contribution is 2.26. The van der Waals surface area contributed by atoms with Gasteiger partial charge in [-0.2, -0.15) is 13.8 Å². The normalized spacial score (nSPS) is 10.2. The average molecular weight is 672 g/mol. The van der Waals surface area contributed by atoms with Crippen LogP contribution in [0.4, 0.5) is 43.4 Å². The molecule has 0 aliphatic carbocycles. The third-order valence-corrected chi connectivity index (χ3v) is 5.57. The maximum Gasteiger partial charge on any atom is 0.306 e. The monoisotopic (exact) mass is 670 g/mol. The lowest BCUT2D eigenvalue weighted by Crippen LogP contribution is -2.10. The van der Waals surface area contributed by atoms with Crippen molar-refractivity contribution in [1.82, 2.24) is 19.9 Å². The quantitative estimate of drug-likeness (QED) is 0.169. The maximum absolute atomic E-state index is 13.2. The zero-order valence-corrected chi connectivity index (χ0v) is 22.5. The lowest BCUT2D eigenvalue weighted by Gasteiger charge is -2.07. The molecule has 39 heavy (non-hydrogen) atoms. The molecule has 0 spiro atoms. The van der Waals surface area contributed by atoms with Crippen LogP contribution in [0, 0.1) is 31.9 Å². The summed E-state index contributed by atoms with van der Waals surface area (Å²) >= 11 is 6.18. The summed E-state index contributed by atoms with van der Waals surface area (Å²) in [5, 5.41) is 26.6. The zero-order valence-electron chi connectivity index (χ0n) is 19.3. The van der Waals surface area contributed by atoms with Gasteiger partial charge in [0.2, 0.25) is 29.4 Å². The molecule has 0 radical (unpaired) electrons. The Morgan fingerprint density at radius 2 is 1.44 bits per heavy atom. The fraction of sp³-hybridized carbons (Fsp3) is 0.0476. The highest BCUT2D eigenvalue weighted by atomic mass is 79.9. The Balaban J connectivity index is 0.000000216. The number of halogens is 4. The van der Waals surface area contributed by atoms with Crippen LogP contribution < -0.4 is 20.9 Å². The zero-order chi connectivity index (χ0) is 28.7. The molecule has 0 fully saturated rings. The predicted octanol–water partition coefficient (Wildman–Crippen LogP) is 5.36. The average Bonchev–Trinajstić information content (AvgIpc) is 2.89. The number of nitrogens with one attached hydrogen (secondary N) is 3. The van der Waals surface area contributed by atoms with Crippen molar-refractivity contribution in [2.45, 2.75) is 0 Å². The number of nitrogens with zero attached hydrogens (tertiary/aromatic N) is 5. The minimum atomic E-state index is -0.937. The van der Waals surface area contributed by atoms with Gasteiger partial charge < -0.3 is 15.4 Å². The van der Waals surface area contributed by atoms with E-state index in [1.807, 2.05) is 0 Å². The molecule has 0 atom stereocenters. The van der Waals surface area contributed by atoms with Crippen molar-refractivity contribution in [2.75, 3.05) is 17.7 Å². The first-order chi connectivity index (χ1) is 18.5. The van der Waals surface area contributed by atoms with E-state index in [1.54, 1.807) is 0 Å². The molecular weight excluding hydrogens is 658 g/mol. The van der Waals surface area contributed by atoms with E-state index in [0.29, 0.717) is 16.0 Å². The van der Waals surface area contributed by atoms with Crippen LogP contribution in [0.25, 0.3) is 0 Å². The summed E-state index contributed by atoms with van der Waals surface area (Å²) in [7, 11) is 1.44. The molecule has 2 heterocycles. The Hall–Kier alpha value is -4.58. The summed E-state index contributed by atoms with van der Waals surface area (Å²) in [6.07, 6.45) is 2.74. The van der Waals surface area contributed by atoms with Crippen LogP contribution in [0.3, 0.4) is 0 Å². The fourth-order valence-electron chi connectivity index (χ4n) is 2.72. The Kier molecular flexibility index (Phi) is 9.50. The lowest BCUT2D eigenvalue weighted by atomic mass is 10.2. The summed E-state index contributed by atoms with van der Waals surface area (Å²) in [6.45, 7) is 0. The van der Waals surface area contributed by atoms with E-state index in [4.69, 9.17) is 4.74 Å². The molecule has 3 N–H and O–H groups in total. The molecule has 0 bridgehead atoms. The SMILES string of the molecule is COc1nc(Nc2ccc(F)c([N+](=O)[O-])c2)ncc1Br.O=c1[nH]c(Nc2ccc(F)c([N+](=O)[O-])c2)ncc1Br. The number of rotatable bonds is 7. The highest BCUT2D eigenvalue weighted by molar-refractivity contribution is 9.10. The van der Waals surface area contributed by atoms with Gasteiger partial charge in [0, 0.05) is 23.5 Å². The number of methoxy groups -OCH3 is 1. The summed E-state index contributed by atoms with van der Waals surface area (Å²) in [6, 6.07) is 6.67. The third kappa shape index (κ3) is 7.71. The number of hydrogen-bond donors (Lipinski definition) is 3. The highest BCUT2D eigenvalue weighted by Gasteiger charge is 2.16. The number of aromatic amines is 1. The number of nitro groups is 2. The van der Waals surface area contributed by atoms with Crippen molar-refractivity contribution >= 4 is 66.5 Å². The van der Waals surface area contributed by atoms with Gasteiger partial charge in [0.1, 0.15) is 4.47 Å². The number of nitro benzene ring substituents is 2. The number of ether oxygens (including phenoxy) is 1. The molecule has 0 saturated carbocycles. The Morgan fingerprint density at radius 3 is 1.95 bits per heavy atom. The van der Waals surface area contributed by atoms with Crippen molar-refractivity contribution in [3.8, 4) is 5.88 Å². The largest absolute Gasteiger partial charge is 0.480 e. The van der Waals surface area contributed by atoms with Crippen LogP contribution in [0.2, 0.25) is 0 Å². The van der Waals surface area contributed by atoms with Gasteiger partial charge in [-0.05, 0) is 56.1 Å². The van der Waals surface area contributed by atoms with E-state index in [9.17, 15) is 33.8 Å². The number of benzene rings is 2. The van der Waals surface area contributed by atoms with Crippen LogP contribution in [0.5, 0.6) is 5.88 Å². The molecule has 2 aromatic heterocycles. The fourth-order valence-corrected chi connectivity index (χ4v) is 3.28. The molecule has 0 aliphatic rings. The van der Waals surface area contributed by atoms with E-state index in [2.05, 4.69) is 62.4 Å². The lowest BCUT2D eigenvalue weighted by molar-refractivity contribution is -0.387. The van der Waals surface area contributed by atoms with Crippen LogP contribution >= 0.6 is 31.9 Å². The van der Waals surface area contributed by atoms with Crippen LogP contribution in [0.15, 0.2) is 62.5 Å². The molecule has 0 amide bonds. The molecule has 202 valence electrons. The second-order valence-electron chi connectivity index (χ2n) is 7.06. The minimum absolute atomic E-state index is 0.0918. The Labute approximate surface area is 233 Å². The molecule has 4 rings (SSSR count). The van der Waals surface area contributed by atoms with Gasteiger partial charge >= 0.3 is 11.4 Å². The molecule has 14 nitrogen and oxygen atoms in total. The summed E-state index contributed by atoms with van der Waals surface area (Å²) in [4.78, 5) is 45.2. The van der Waals surface area contributed by atoms with Gasteiger partial charge in [-0.3, -0.25) is 30.0 Å². The van der Waals surface area contributed by atoms with Gasteiger partial charge in [-0.25, -0.2) is 9.97 Å². The molecule has 2 aromatic carbocycles. The van der Waals surface area contributed by atoms with Gasteiger partial charge in [0.25, 0.3) is 5.56 Å². The van der Waals surface area contributed by atoms with E-state index in [1.165, 1.54) is 31.6 Å². The van der Waals surface area contributed by atoms with Crippen LogP contribution in [-0.4, -0.2) is 36.9 Å². The van der Waals surface area contributed by atoms with Crippen molar-refractivity contribution in [2.24, 2.45) is 0 Å². The second kappa shape index (κ2) is 12.8. The van der Waals surface area contributed by atoms with Crippen molar-refractivity contribution in [3.63, 3.8) is 0 Å². The first-order valence-electron chi connectivity index (χ1n) is 10.2. The maximum atomic E-state index is 13.2. The Morgan fingerprint density at radius 1 is 0.897 bits per heavy atom. The molecular formula is C21H14Br2F2N8O6. The molecule has 0 aliphatic heterocycles. The molecule has 0 saturated heterocycles. The van der Waals surface area contributed by atoms with Crippen LogP contribution in [-0.2, 0) is 0 Å². The molecule has 0 unspecified atom stereocenters. The predicted molar refractivity (Wildman–Crippen MR) is 142 cm³/mol. The first-order valence-corrected chi connectivity index (χ1v) is 11.8. The van der Waals surface area contributed by atoms with E-state index in [0.717, 1.165) is 24.3 Å². The van der Waals surface area contributed by atoms with Crippen molar-refractivity contribution in [3.05, 3.63) is 100.0 Å². The first kappa shape index (κ1) is 29.0. The summed E-state index contributed by atoms with van der Waals surface area (Å²) in [5.41, 5.74) is -1.17. The number of aromatic nitrogens is 4. The summed E-state index contributed by atoms with van der Waals surface area (Å²) in [5.74, 6) is -1.28. The van der Waals surface area contributed by atoms with Gasteiger partial charge in [-0.15, -0.1) is 0 Å². The number of H-pyrrole nitrogens is 1. The second-order valence-corrected chi connectivity index (χ2v) is 8.76. The Bertz CT molecular complexity index is 1610. The van der Waals surface area contributed by atoms with E-state index < -0.39 is 38.4 Å². The smallest absolute Gasteiger partial charge is 0.306 e. The standard InChI is InChI=1S/C11H8BrFN4O3.C10H6BrFN4O3/c1-20-10-7(12)5-14-11(16-10)15-6-2-3-8(13)9(4-6)17(18)19;11-6-4-13-10(15-9(6)17)14-5-1-2-7(12)8(3-5)16(18)19/h2-5H,1H3,(H,14,15,16);1-4H,(H2,13,14,15,17). The topological polar surface area (TPSA) is 191 Å². The molecule has 18 heteroatoms. The van der Waals surface area contributed by atoms with Gasteiger partial charge in [0.15, 0.2) is 0 Å². The number of anilines is 4.